The van der Waals surface area contributed by atoms with Crippen molar-refractivity contribution in [2.24, 2.45) is 0 Å². The molecule has 0 aliphatic carbocycles. The number of nitrogens with one attached hydrogen (secondary N) is 2. The molecular weight excluding hydrogens is 447 g/mol. The topological polar surface area (TPSA) is 53.6 Å². The lowest BCUT2D eigenvalue weighted by Gasteiger charge is -2.32. The molecule has 0 bridgehead atoms. The first-order chi connectivity index (χ1) is 12.5. The molecule has 0 radical (unpaired) electrons. The highest BCUT2D eigenvalue weighted by atomic mass is 79.9. The number of hydrazine groups is 1. The molecule has 0 atom stereocenters. The predicted octanol–water partition coefficient (Wildman–Crippen LogP) is 4.91. The van der Waals surface area contributed by atoms with Crippen LogP contribution in [-0.4, -0.2) is 42.4 Å². The molecule has 0 unspecified atom stereocenters. The molecule has 0 aromatic carbocycles. The summed E-state index contributed by atoms with van der Waals surface area (Å²) in [6.45, 7) is 5.20. The Labute approximate surface area is 169 Å². The fourth-order valence-electron chi connectivity index (χ4n) is 2.55. The van der Waals surface area contributed by atoms with Gasteiger partial charge in [-0.2, -0.15) is 13.2 Å². The van der Waals surface area contributed by atoms with Gasteiger partial charge >= 0.3 is 12.3 Å². The van der Waals surface area contributed by atoms with E-state index in [0.29, 0.717) is 31.6 Å². The molecule has 5 nitrogen and oxygen atoms in total. The average Bonchev–Trinajstić information content (AvgIpc) is 2.95. The van der Waals surface area contributed by atoms with Gasteiger partial charge in [0.05, 0.1) is 10.6 Å². The summed E-state index contributed by atoms with van der Waals surface area (Å²) >= 11 is 4.87. The quantitative estimate of drug-likeness (QED) is 0.615. The molecule has 2 rings (SSSR count). The van der Waals surface area contributed by atoms with E-state index in [2.05, 4.69) is 26.8 Å². The van der Waals surface area contributed by atoms with Crippen LogP contribution in [0.2, 0.25) is 0 Å². The Morgan fingerprint density at radius 3 is 2.41 bits per heavy atom. The van der Waals surface area contributed by atoms with Crippen molar-refractivity contribution in [2.45, 2.75) is 45.4 Å². The van der Waals surface area contributed by atoms with Crippen molar-refractivity contribution in [2.75, 3.05) is 19.6 Å². The van der Waals surface area contributed by atoms with E-state index < -0.39 is 18.3 Å². The van der Waals surface area contributed by atoms with Crippen molar-refractivity contribution in [1.29, 1.82) is 0 Å². The van der Waals surface area contributed by atoms with Gasteiger partial charge in [0, 0.05) is 17.6 Å². The number of hydrogen-bond acceptors (Lipinski definition) is 5. The second kappa shape index (κ2) is 8.83. The number of carbonyl (C=O) groups excluding carboxylic acids is 1. The minimum absolute atomic E-state index is 0.372. The number of alkyl halides is 3. The molecule has 10 heteroatoms. The smallest absolute Gasteiger partial charge is 0.410 e. The van der Waals surface area contributed by atoms with Crippen LogP contribution in [0.15, 0.2) is 21.5 Å². The molecule has 1 aromatic rings. The summed E-state index contributed by atoms with van der Waals surface area (Å²) < 4.78 is 43.6. The Morgan fingerprint density at radius 1 is 1.30 bits per heavy atom. The molecule has 1 aliphatic heterocycles. The van der Waals surface area contributed by atoms with Gasteiger partial charge in [-0.15, -0.1) is 11.3 Å². The zero-order valence-corrected chi connectivity index (χ0v) is 17.8. The van der Waals surface area contributed by atoms with Gasteiger partial charge in [-0.25, -0.2) is 10.2 Å². The van der Waals surface area contributed by atoms with Crippen molar-refractivity contribution >= 4 is 39.1 Å². The Bertz CT molecular complexity index is 688. The molecule has 0 spiro atoms. The Hall–Kier alpha value is -1.26. The first-order valence-corrected chi connectivity index (χ1v) is 10.1. The molecule has 0 saturated carbocycles. The van der Waals surface area contributed by atoms with Crippen LogP contribution < -0.4 is 10.9 Å². The molecule has 1 fully saturated rings. The van der Waals surface area contributed by atoms with E-state index in [-0.39, 0.29) is 6.09 Å². The number of carbonyl (C=O) groups is 1. The van der Waals surface area contributed by atoms with Gasteiger partial charge in [-0.05, 0) is 66.6 Å². The first-order valence-electron chi connectivity index (χ1n) is 8.45. The first kappa shape index (κ1) is 22.0. The largest absolute Gasteiger partial charge is 0.444 e. The van der Waals surface area contributed by atoms with Gasteiger partial charge in [-0.3, -0.25) is 0 Å². The van der Waals surface area contributed by atoms with Crippen LogP contribution in [0, 0.1) is 0 Å². The zero-order chi connectivity index (χ0) is 20.2. The van der Waals surface area contributed by atoms with Crippen LogP contribution in [0.4, 0.5) is 18.0 Å². The van der Waals surface area contributed by atoms with Crippen LogP contribution in [0.25, 0.3) is 5.70 Å². The lowest BCUT2D eigenvalue weighted by atomic mass is 10.0. The number of amides is 1. The Kier molecular flexibility index (Phi) is 7.20. The number of nitrogens with zero attached hydrogens (tertiary/aromatic N) is 1. The highest BCUT2D eigenvalue weighted by Gasteiger charge is 2.28. The van der Waals surface area contributed by atoms with Crippen LogP contribution in [0.5, 0.6) is 0 Å². The van der Waals surface area contributed by atoms with Gasteiger partial charge in [0.15, 0.2) is 0 Å². The summed E-state index contributed by atoms with van der Waals surface area (Å²) in [7, 11) is 0. The van der Waals surface area contributed by atoms with E-state index in [1.165, 1.54) is 11.3 Å². The number of ether oxygens (including phenoxy) is 1. The molecule has 2 heterocycles. The highest BCUT2D eigenvalue weighted by molar-refractivity contribution is 9.10. The number of likely N-dealkylation sites (tertiary alicyclic amines) is 1. The van der Waals surface area contributed by atoms with Crippen molar-refractivity contribution in [3.8, 4) is 0 Å². The SMILES string of the molecule is CC(C)(C)OC(=O)N1CCC(=C(NNCC(F)(F)F)c2sccc2Br)CC1. The van der Waals surface area contributed by atoms with E-state index in [1.807, 2.05) is 32.2 Å². The highest BCUT2D eigenvalue weighted by Crippen LogP contribution is 2.33. The summed E-state index contributed by atoms with van der Waals surface area (Å²) in [4.78, 5) is 14.6. The molecule has 1 aliphatic rings. The molecule has 152 valence electrons. The maximum atomic E-state index is 12.5. The van der Waals surface area contributed by atoms with Crippen molar-refractivity contribution in [1.82, 2.24) is 15.8 Å². The fourth-order valence-corrected chi connectivity index (χ4v) is 4.17. The standard InChI is InChI=1S/C17H23BrF3N3O2S/c1-16(2,3)26-15(25)24-7-4-11(5-8-24)13(14-12(18)6-9-27-14)23-22-10-17(19,20)21/h6,9,22-23H,4-5,7-8,10H2,1-3H3. The van der Waals surface area contributed by atoms with Crippen LogP contribution in [0.3, 0.4) is 0 Å². The maximum absolute atomic E-state index is 12.5. The van der Waals surface area contributed by atoms with E-state index >= 15 is 0 Å². The molecule has 1 amide bonds. The van der Waals surface area contributed by atoms with E-state index in [1.54, 1.807) is 4.90 Å². The van der Waals surface area contributed by atoms with Gasteiger partial charge < -0.3 is 15.1 Å². The van der Waals surface area contributed by atoms with E-state index in [4.69, 9.17) is 4.74 Å². The van der Waals surface area contributed by atoms with Gasteiger partial charge in [0.1, 0.15) is 12.1 Å². The van der Waals surface area contributed by atoms with Gasteiger partial charge in [-0.1, -0.05) is 0 Å². The van der Waals surface area contributed by atoms with Crippen molar-refractivity contribution < 1.29 is 22.7 Å². The summed E-state index contributed by atoms with van der Waals surface area (Å²) in [6, 6.07) is 1.85. The second-order valence-corrected chi connectivity index (χ2v) is 8.91. The van der Waals surface area contributed by atoms with Crippen molar-refractivity contribution in [3.05, 3.63) is 26.4 Å². The summed E-state index contributed by atoms with van der Waals surface area (Å²) in [5.74, 6) is 0. The lowest BCUT2D eigenvalue weighted by Crippen LogP contribution is -2.42. The third-order valence-electron chi connectivity index (χ3n) is 3.72. The molecule has 1 saturated heterocycles. The van der Waals surface area contributed by atoms with Crippen LogP contribution in [-0.2, 0) is 4.74 Å². The Balaban J connectivity index is 2.10. The normalized spacial score (nSPS) is 15.7. The lowest BCUT2D eigenvalue weighted by molar-refractivity contribution is -0.125. The number of halogens is 4. The second-order valence-electron chi connectivity index (χ2n) is 7.14. The summed E-state index contributed by atoms with van der Waals surface area (Å²) in [5, 5.41) is 1.86. The summed E-state index contributed by atoms with van der Waals surface area (Å²) in [6.07, 6.45) is -3.57. The molecule has 1 aromatic heterocycles. The fraction of sp³-hybridized carbons (Fsp3) is 0.588. The minimum atomic E-state index is -4.31. The number of thiophene rings is 1. The molecule has 2 N–H and O–H groups in total. The van der Waals surface area contributed by atoms with Gasteiger partial charge in [0.25, 0.3) is 0 Å². The van der Waals surface area contributed by atoms with E-state index in [9.17, 15) is 18.0 Å². The minimum Gasteiger partial charge on any atom is -0.444 e. The predicted molar refractivity (Wildman–Crippen MR) is 103 cm³/mol. The third kappa shape index (κ3) is 7.00. The van der Waals surface area contributed by atoms with Crippen LogP contribution >= 0.6 is 27.3 Å². The van der Waals surface area contributed by atoms with Crippen LogP contribution in [0.1, 0.15) is 38.5 Å². The zero-order valence-electron chi connectivity index (χ0n) is 15.4. The Morgan fingerprint density at radius 2 is 1.93 bits per heavy atom. The van der Waals surface area contributed by atoms with Crippen molar-refractivity contribution in [3.63, 3.8) is 0 Å². The summed E-state index contributed by atoms with van der Waals surface area (Å²) in [5.41, 5.74) is 6.01. The molecular formula is C17H23BrF3N3O2S. The molecule has 27 heavy (non-hydrogen) atoms. The monoisotopic (exact) mass is 469 g/mol. The third-order valence-corrected chi connectivity index (χ3v) is 5.57. The number of piperidine rings is 1. The number of hydrogen-bond donors (Lipinski definition) is 2. The van der Waals surface area contributed by atoms with Gasteiger partial charge in [0.2, 0.25) is 0 Å². The number of rotatable bonds is 4. The van der Waals surface area contributed by atoms with E-state index in [0.717, 1.165) is 14.9 Å². The average molecular weight is 470 g/mol. The maximum Gasteiger partial charge on any atom is 0.410 e.